The van der Waals surface area contributed by atoms with E-state index in [4.69, 9.17) is 10.5 Å². The molecule has 0 bridgehead atoms. The van der Waals surface area contributed by atoms with Crippen LogP contribution >= 0.6 is 0 Å². The molecule has 1 aromatic heterocycles. The summed E-state index contributed by atoms with van der Waals surface area (Å²) in [5.41, 5.74) is 5.67. The van der Waals surface area contributed by atoms with E-state index in [2.05, 4.69) is 22.2 Å². The van der Waals surface area contributed by atoms with Gasteiger partial charge in [-0.05, 0) is 25.7 Å². The van der Waals surface area contributed by atoms with Gasteiger partial charge in [0.15, 0.2) is 5.82 Å². The lowest BCUT2D eigenvalue weighted by molar-refractivity contribution is -0.000819. The van der Waals surface area contributed by atoms with Crippen LogP contribution < -0.4 is 15.8 Å². The smallest absolute Gasteiger partial charge is 0.242 e. The molecule has 1 saturated carbocycles. The molecule has 0 aromatic carbocycles. The van der Waals surface area contributed by atoms with Crippen molar-refractivity contribution in [2.45, 2.75) is 45.1 Å². The van der Waals surface area contributed by atoms with Gasteiger partial charge in [-0.2, -0.15) is 4.98 Å². The van der Waals surface area contributed by atoms with Crippen LogP contribution in [0.15, 0.2) is 6.33 Å². The number of nitrogens with two attached hydrogens (primary N) is 1. The van der Waals surface area contributed by atoms with Crippen molar-refractivity contribution in [3.8, 4) is 5.88 Å². The normalized spacial score (nSPS) is 26.2. The van der Waals surface area contributed by atoms with Crippen molar-refractivity contribution in [1.29, 1.82) is 0 Å². The van der Waals surface area contributed by atoms with Gasteiger partial charge < -0.3 is 20.9 Å². The summed E-state index contributed by atoms with van der Waals surface area (Å²) in [6.07, 6.45) is 5.28. The summed E-state index contributed by atoms with van der Waals surface area (Å²) in [6.45, 7) is 5.00. The number of ether oxygens (including phenoxy) is 1. The highest BCUT2D eigenvalue weighted by Crippen LogP contribution is 2.33. The Morgan fingerprint density at radius 1 is 1.55 bits per heavy atom. The van der Waals surface area contributed by atoms with Crippen LogP contribution in [0.4, 0.5) is 11.5 Å². The highest BCUT2D eigenvalue weighted by atomic mass is 16.5. The van der Waals surface area contributed by atoms with Crippen molar-refractivity contribution < 1.29 is 9.84 Å². The fourth-order valence-corrected chi connectivity index (χ4v) is 2.81. The number of aromatic nitrogens is 2. The molecule has 1 heterocycles. The van der Waals surface area contributed by atoms with Gasteiger partial charge in [-0.15, -0.1) is 0 Å². The zero-order valence-electron chi connectivity index (χ0n) is 12.2. The summed E-state index contributed by atoms with van der Waals surface area (Å²) >= 11 is 0. The monoisotopic (exact) mass is 280 g/mol. The molecule has 1 aromatic rings. The van der Waals surface area contributed by atoms with Crippen LogP contribution in [0, 0.1) is 5.92 Å². The summed E-state index contributed by atoms with van der Waals surface area (Å²) in [4.78, 5) is 8.11. The standard InChI is InChI=1S/C14H24N4O2/c1-3-20-13-11(15)12(17-9-18-13)16-8-14(19)6-4-5-10(2)7-14/h9-10,19H,3-8,15H2,1-2H3,(H,16,17,18). The Kier molecular flexibility index (Phi) is 4.65. The van der Waals surface area contributed by atoms with Crippen molar-refractivity contribution in [3.63, 3.8) is 0 Å². The summed E-state index contributed by atoms with van der Waals surface area (Å²) in [6, 6.07) is 0. The topological polar surface area (TPSA) is 93.3 Å². The second-order valence-electron chi connectivity index (χ2n) is 5.65. The Morgan fingerprint density at radius 2 is 2.35 bits per heavy atom. The summed E-state index contributed by atoms with van der Waals surface area (Å²) in [5.74, 6) is 1.46. The van der Waals surface area contributed by atoms with Crippen LogP contribution in [0.25, 0.3) is 0 Å². The molecule has 0 spiro atoms. The third-order valence-corrected chi connectivity index (χ3v) is 3.78. The number of hydrogen-bond acceptors (Lipinski definition) is 6. The first-order valence-corrected chi connectivity index (χ1v) is 7.23. The van der Waals surface area contributed by atoms with E-state index in [0.717, 1.165) is 19.3 Å². The van der Waals surface area contributed by atoms with Crippen molar-refractivity contribution in [1.82, 2.24) is 9.97 Å². The summed E-state index contributed by atoms with van der Waals surface area (Å²) in [7, 11) is 0. The molecule has 2 unspecified atom stereocenters. The van der Waals surface area contributed by atoms with E-state index in [-0.39, 0.29) is 0 Å². The fourth-order valence-electron chi connectivity index (χ4n) is 2.81. The van der Waals surface area contributed by atoms with Crippen LogP contribution in [0.3, 0.4) is 0 Å². The third kappa shape index (κ3) is 3.50. The van der Waals surface area contributed by atoms with Crippen molar-refractivity contribution in [3.05, 3.63) is 6.33 Å². The molecule has 6 heteroatoms. The molecule has 0 amide bonds. The summed E-state index contributed by atoms with van der Waals surface area (Å²) in [5, 5.41) is 13.7. The molecule has 2 rings (SSSR count). The minimum Gasteiger partial charge on any atom is -0.476 e. The number of rotatable bonds is 5. The summed E-state index contributed by atoms with van der Waals surface area (Å²) < 4.78 is 5.33. The number of nitrogens with zero attached hydrogens (tertiary/aromatic N) is 2. The maximum atomic E-state index is 10.6. The lowest BCUT2D eigenvalue weighted by Crippen LogP contribution is -2.41. The fraction of sp³-hybridized carbons (Fsp3) is 0.714. The molecule has 112 valence electrons. The van der Waals surface area contributed by atoms with Crippen LogP contribution in [-0.2, 0) is 0 Å². The quantitative estimate of drug-likeness (QED) is 0.761. The molecule has 1 aliphatic carbocycles. The SMILES string of the molecule is CCOc1ncnc(NCC2(O)CCCC(C)C2)c1N. The van der Waals surface area contributed by atoms with E-state index in [9.17, 15) is 5.11 Å². The second-order valence-corrected chi connectivity index (χ2v) is 5.65. The van der Waals surface area contributed by atoms with Gasteiger partial charge in [-0.1, -0.05) is 19.8 Å². The van der Waals surface area contributed by atoms with Gasteiger partial charge in [0.05, 0.1) is 12.2 Å². The molecule has 1 aliphatic rings. The van der Waals surface area contributed by atoms with E-state index in [1.165, 1.54) is 12.7 Å². The van der Waals surface area contributed by atoms with Crippen molar-refractivity contribution in [2.24, 2.45) is 5.92 Å². The minimum absolute atomic E-state index is 0.383. The van der Waals surface area contributed by atoms with E-state index >= 15 is 0 Å². The molecule has 6 nitrogen and oxygen atoms in total. The molecular formula is C14H24N4O2. The number of nitrogens with one attached hydrogen (secondary N) is 1. The van der Waals surface area contributed by atoms with E-state index in [1.54, 1.807) is 0 Å². The first-order chi connectivity index (χ1) is 9.54. The lowest BCUT2D eigenvalue weighted by Gasteiger charge is -2.35. The molecule has 2 atom stereocenters. The second kappa shape index (κ2) is 6.26. The van der Waals surface area contributed by atoms with Gasteiger partial charge in [-0.3, -0.25) is 0 Å². The zero-order chi connectivity index (χ0) is 14.6. The Balaban J connectivity index is 2.01. The number of anilines is 2. The van der Waals surface area contributed by atoms with Gasteiger partial charge in [0, 0.05) is 6.54 Å². The molecule has 1 fully saturated rings. The van der Waals surface area contributed by atoms with Gasteiger partial charge in [-0.25, -0.2) is 4.98 Å². The molecule has 4 N–H and O–H groups in total. The van der Waals surface area contributed by atoms with Crippen molar-refractivity contribution >= 4 is 11.5 Å². The Labute approximate surface area is 119 Å². The van der Waals surface area contributed by atoms with Gasteiger partial charge >= 0.3 is 0 Å². The van der Waals surface area contributed by atoms with Gasteiger partial charge in [0.2, 0.25) is 5.88 Å². The third-order valence-electron chi connectivity index (χ3n) is 3.78. The first kappa shape index (κ1) is 14.8. The predicted molar refractivity (Wildman–Crippen MR) is 78.7 cm³/mol. The first-order valence-electron chi connectivity index (χ1n) is 7.23. The van der Waals surface area contributed by atoms with E-state index in [1.807, 2.05) is 6.92 Å². The molecular weight excluding hydrogens is 256 g/mol. The molecule has 0 aliphatic heterocycles. The van der Waals surface area contributed by atoms with Crippen molar-refractivity contribution in [2.75, 3.05) is 24.2 Å². The predicted octanol–water partition coefficient (Wildman–Crippen LogP) is 1.81. The van der Waals surface area contributed by atoms with Crippen LogP contribution in [0.2, 0.25) is 0 Å². The zero-order valence-corrected chi connectivity index (χ0v) is 12.2. The average molecular weight is 280 g/mol. The Hall–Kier alpha value is -1.56. The highest BCUT2D eigenvalue weighted by molar-refractivity contribution is 5.66. The van der Waals surface area contributed by atoms with Crippen LogP contribution in [-0.4, -0.2) is 33.8 Å². The molecule has 0 radical (unpaired) electrons. The van der Waals surface area contributed by atoms with E-state index < -0.39 is 5.60 Å². The highest BCUT2D eigenvalue weighted by Gasteiger charge is 2.32. The maximum absolute atomic E-state index is 10.6. The number of hydrogen-bond donors (Lipinski definition) is 3. The van der Waals surface area contributed by atoms with Crippen LogP contribution in [0.1, 0.15) is 39.5 Å². The maximum Gasteiger partial charge on any atom is 0.242 e. The number of aliphatic hydroxyl groups is 1. The Morgan fingerprint density at radius 3 is 3.05 bits per heavy atom. The lowest BCUT2D eigenvalue weighted by atomic mass is 9.79. The van der Waals surface area contributed by atoms with E-state index in [0.29, 0.717) is 36.5 Å². The number of nitrogen functional groups attached to an aromatic ring is 1. The largest absolute Gasteiger partial charge is 0.476 e. The van der Waals surface area contributed by atoms with Gasteiger partial charge in [0.25, 0.3) is 0 Å². The average Bonchev–Trinajstić information content (AvgIpc) is 2.40. The van der Waals surface area contributed by atoms with Gasteiger partial charge in [0.1, 0.15) is 12.0 Å². The molecule has 20 heavy (non-hydrogen) atoms. The Bertz CT molecular complexity index is 455. The molecule has 0 saturated heterocycles. The minimum atomic E-state index is -0.680. The van der Waals surface area contributed by atoms with Crippen LogP contribution in [0.5, 0.6) is 5.88 Å².